The lowest BCUT2D eigenvalue weighted by atomic mass is 10.1. The largest absolute Gasteiger partial charge is 0.493 e. The van der Waals surface area contributed by atoms with Crippen LogP contribution in [-0.2, 0) is 11.2 Å². The normalized spacial score (nSPS) is 10.6. The number of amides is 1. The van der Waals surface area contributed by atoms with Crippen molar-refractivity contribution in [2.75, 3.05) is 40.5 Å². The second-order valence-corrected chi connectivity index (χ2v) is 7.15. The van der Waals surface area contributed by atoms with Crippen LogP contribution >= 0.6 is 15.9 Å². The summed E-state index contributed by atoms with van der Waals surface area (Å²) in [6, 6.07) is 13.8. The summed E-state index contributed by atoms with van der Waals surface area (Å²) in [7, 11) is 3.21. The number of carbonyl (C=O) groups excluding carboxylic acids is 1. The Hall–Kier alpha value is -2.05. The molecule has 2 aromatic carbocycles. The van der Waals surface area contributed by atoms with Gasteiger partial charge in [-0.1, -0.05) is 30.3 Å². The maximum absolute atomic E-state index is 13.1. The van der Waals surface area contributed by atoms with Crippen molar-refractivity contribution < 1.29 is 19.0 Å². The molecule has 0 aliphatic heterocycles. The molecule has 0 heterocycles. The molecular weight excluding hydrogens is 422 g/mol. The molecule has 2 rings (SSSR count). The number of ether oxygens (including phenoxy) is 3. The summed E-state index contributed by atoms with van der Waals surface area (Å²) < 4.78 is 16.9. The van der Waals surface area contributed by atoms with Crippen molar-refractivity contribution >= 4 is 21.8 Å². The number of aryl methyl sites for hydroxylation is 1. The highest BCUT2D eigenvalue weighted by Crippen LogP contribution is 2.37. The highest BCUT2D eigenvalue weighted by Gasteiger charge is 2.20. The number of hydrogen-bond acceptors (Lipinski definition) is 4. The van der Waals surface area contributed by atoms with Crippen LogP contribution in [0.1, 0.15) is 29.3 Å². The van der Waals surface area contributed by atoms with E-state index in [4.69, 9.17) is 14.2 Å². The molecule has 1 amide bonds. The van der Waals surface area contributed by atoms with Gasteiger partial charge < -0.3 is 19.1 Å². The molecule has 152 valence electrons. The van der Waals surface area contributed by atoms with Gasteiger partial charge in [-0.3, -0.25) is 4.79 Å². The minimum absolute atomic E-state index is 0.0489. The maximum Gasteiger partial charge on any atom is 0.254 e. The summed E-state index contributed by atoms with van der Waals surface area (Å²) in [5.41, 5.74) is 1.83. The molecule has 0 aromatic heterocycles. The Bertz CT molecular complexity index is 752. The molecule has 0 spiro atoms. The van der Waals surface area contributed by atoms with Gasteiger partial charge >= 0.3 is 0 Å². The first-order chi connectivity index (χ1) is 13.6. The summed E-state index contributed by atoms with van der Waals surface area (Å²) in [5.74, 6) is 1.09. The molecule has 2 aromatic rings. The minimum atomic E-state index is -0.0489. The molecule has 0 aliphatic carbocycles. The molecular formula is C22H28BrNO4. The molecule has 0 atom stereocenters. The fourth-order valence-corrected chi connectivity index (χ4v) is 3.50. The van der Waals surface area contributed by atoms with Crippen LogP contribution in [0.5, 0.6) is 11.5 Å². The number of hydrogen-bond donors (Lipinski definition) is 0. The van der Waals surface area contributed by atoms with Crippen LogP contribution in [0.25, 0.3) is 0 Å². The number of rotatable bonds is 11. The van der Waals surface area contributed by atoms with Crippen molar-refractivity contribution in [2.24, 2.45) is 0 Å². The van der Waals surface area contributed by atoms with E-state index in [1.165, 1.54) is 5.56 Å². The van der Waals surface area contributed by atoms with E-state index in [0.717, 1.165) is 12.8 Å². The van der Waals surface area contributed by atoms with Gasteiger partial charge in [0.15, 0.2) is 11.5 Å². The molecule has 0 bridgehead atoms. The summed E-state index contributed by atoms with van der Waals surface area (Å²) in [5, 5.41) is 0. The Balaban J connectivity index is 2.13. The van der Waals surface area contributed by atoms with Crippen LogP contribution in [-0.4, -0.2) is 51.3 Å². The van der Waals surface area contributed by atoms with Gasteiger partial charge in [-0.15, -0.1) is 0 Å². The highest BCUT2D eigenvalue weighted by atomic mass is 79.9. The van der Waals surface area contributed by atoms with Gasteiger partial charge in [-0.05, 0) is 53.4 Å². The zero-order valence-corrected chi connectivity index (χ0v) is 18.3. The molecule has 0 N–H and O–H groups in total. The van der Waals surface area contributed by atoms with E-state index in [9.17, 15) is 4.79 Å². The predicted octanol–water partition coefficient (Wildman–Crippen LogP) is 4.58. The number of halogens is 1. The van der Waals surface area contributed by atoms with Gasteiger partial charge in [0.2, 0.25) is 0 Å². The molecule has 0 fully saturated rings. The van der Waals surface area contributed by atoms with E-state index in [2.05, 4.69) is 28.1 Å². The third kappa shape index (κ3) is 6.24. The average Bonchev–Trinajstić information content (AvgIpc) is 2.72. The Morgan fingerprint density at radius 2 is 1.86 bits per heavy atom. The molecule has 28 heavy (non-hydrogen) atoms. The van der Waals surface area contributed by atoms with E-state index >= 15 is 0 Å². The van der Waals surface area contributed by atoms with Crippen LogP contribution < -0.4 is 9.47 Å². The Labute approximate surface area is 175 Å². The quantitative estimate of drug-likeness (QED) is 0.503. The minimum Gasteiger partial charge on any atom is -0.493 e. The summed E-state index contributed by atoms with van der Waals surface area (Å²) in [4.78, 5) is 15.0. The van der Waals surface area contributed by atoms with E-state index in [1.807, 2.05) is 30.0 Å². The van der Waals surface area contributed by atoms with E-state index < -0.39 is 0 Å². The highest BCUT2D eigenvalue weighted by molar-refractivity contribution is 9.10. The van der Waals surface area contributed by atoms with Crippen molar-refractivity contribution in [3.63, 3.8) is 0 Å². The van der Waals surface area contributed by atoms with Gasteiger partial charge in [-0.25, -0.2) is 0 Å². The fraction of sp³-hybridized carbons (Fsp3) is 0.409. The first-order valence-corrected chi connectivity index (χ1v) is 10.2. The maximum atomic E-state index is 13.1. The molecule has 0 saturated heterocycles. The van der Waals surface area contributed by atoms with Gasteiger partial charge in [0.05, 0.1) is 24.8 Å². The second kappa shape index (κ2) is 11.7. The molecule has 0 unspecified atom stereocenters. The lowest BCUT2D eigenvalue weighted by molar-refractivity contribution is 0.0693. The first-order valence-electron chi connectivity index (χ1n) is 9.43. The van der Waals surface area contributed by atoms with E-state index in [-0.39, 0.29) is 5.91 Å². The first kappa shape index (κ1) is 22.2. The van der Waals surface area contributed by atoms with Crippen molar-refractivity contribution in [3.8, 4) is 11.5 Å². The standard InChI is InChI=1S/C22H28BrNO4/c1-4-28-21-19(23)15-18(16-20(21)27-3)22(25)24(13-14-26-2)12-8-11-17-9-6-5-7-10-17/h5-7,9-10,15-16H,4,8,11-14H2,1-3H3. The zero-order chi connectivity index (χ0) is 20.4. The van der Waals surface area contributed by atoms with E-state index in [0.29, 0.717) is 47.8 Å². The van der Waals surface area contributed by atoms with Crippen molar-refractivity contribution in [1.82, 2.24) is 4.90 Å². The molecule has 0 saturated carbocycles. The van der Waals surface area contributed by atoms with Crippen molar-refractivity contribution in [2.45, 2.75) is 19.8 Å². The van der Waals surface area contributed by atoms with Gasteiger partial charge in [0.25, 0.3) is 5.91 Å². The monoisotopic (exact) mass is 449 g/mol. The molecule has 0 aliphatic rings. The van der Waals surface area contributed by atoms with Crippen molar-refractivity contribution in [1.29, 1.82) is 0 Å². The fourth-order valence-electron chi connectivity index (χ4n) is 2.95. The average molecular weight is 450 g/mol. The zero-order valence-electron chi connectivity index (χ0n) is 16.7. The molecule has 6 heteroatoms. The Morgan fingerprint density at radius 1 is 1.11 bits per heavy atom. The second-order valence-electron chi connectivity index (χ2n) is 6.30. The Kier molecular flexibility index (Phi) is 9.31. The SMILES string of the molecule is CCOc1c(Br)cc(C(=O)N(CCCc2ccccc2)CCOC)cc1OC. The van der Waals surface area contributed by atoms with Gasteiger partial charge in [0.1, 0.15) is 0 Å². The number of nitrogens with zero attached hydrogens (tertiary/aromatic N) is 1. The van der Waals surface area contributed by atoms with Crippen LogP contribution in [0.4, 0.5) is 0 Å². The summed E-state index contributed by atoms with van der Waals surface area (Å²) in [6.45, 7) is 4.11. The number of carbonyl (C=O) groups is 1. The molecule has 5 nitrogen and oxygen atoms in total. The summed E-state index contributed by atoms with van der Waals surface area (Å²) >= 11 is 3.49. The lowest BCUT2D eigenvalue weighted by Crippen LogP contribution is -2.35. The van der Waals surface area contributed by atoms with E-state index in [1.54, 1.807) is 26.4 Å². The third-order valence-corrected chi connectivity index (χ3v) is 4.94. The lowest BCUT2D eigenvalue weighted by Gasteiger charge is -2.23. The predicted molar refractivity (Wildman–Crippen MR) is 114 cm³/mol. The molecule has 0 radical (unpaired) electrons. The van der Waals surface area contributed by atoms with Crippen LogP contribution in [0.15, 0.2) is 46.9 Å². The van der Waals surface area contributed by atoms with Crippen LogP contribution in [0, 0.1) is 0 Å². The summed E-state index contributed by atoms with van der Waals surface area (Å²) in [6.07, 6.45) is 1.81. The smallest absolute Gasteiger partial charge is 0.254 e. The number of methoxy groups -OCH3 is 2. The van der Waals surface area contributed by atoms with Gasteiger partial charge in [-0.2, -0.15) is 0 Å². The van der Waals surface area contributed by atoms with Gasteiger partial charge in [0, 0.05) is 25.8 Å². The topological polar surface area (TPSA) is 48.0 Å². The van der Waals surface area contributed by atoms with Crippen molar-refractivity contribution in [3.05, 3.63) is 58.1 Å². The Morgan fingerprint density at radius 3 is 2.50 bits per heavy atom. The number of benzene rings is 2. The van der Waals surface area contributed by atoms with Crippen LogP contribution in [0.2, 0.25) is 0 Å². The third-order valence-electron chi connectivity index (χ3n) is 4.35. The van der Waals surface area contributed by atoms with Crippen LogP contribution in [0.3, 0.4) is 0 Å².